The molecular weight excluding hydrogens is 358 g/mol. The number of urea groups is 1. The third-order valence-corrected chi connectivity index (χ3v) is 5.59. The van der Waals surface area contributed by atoms with Gasteiger partial charge in [-0.2, -0.15) is 0 Å². The van der Waals surface area contributed by atoms with Gasteiger partial charge in [-0.1, -0.05) is 6.07 Å². The first-order chi connectivity index (χ1) is 13.7. The van der Waals surface area contributed by atoms with Crippen molar-refractivity contribution in [2.75, 3.05) is 44.3 Å². The molecule has 0 spiro atoms. The summed E-state index contributed by atoms with van der Waals surface area (Å²) in [5, 5.41) is 3.26. The van der Waals surface area contributed by atoms with Crippen LogP contribution in [0.3, 0.4) is 0 Å². The molecule has 3 heterocycles. The van der Waals surface area contributed by atoms with Crippen molar-refractivity contribution in [3.8, 4) is 11.5 Å². The predicted molar refractivity (Wildman–Crippen MR) is 103 cm³/mol. The van der Waals surface area contributed by atoms with Gasteiger partial charge in [0.1, 0.15) is 13.2 Å². The van der Waals surface area contributed by atoms with Gasteiger partial charge in [-0.3, -0.25) is 0 Å². The number of rotatable bonds is 3. The number of anilines is 1. The fourth-order valence-corrected chi connectivity index (χ4v) is 3.80. The maximum Gasteiger partial charge on any atom is 0.318 e. The normalized spacial score (nSPS) is 19.9. The van der Waals surface area contributed by atoms with Crippen molar-refractivity contribution in [1.82, 2.24) is 20.2 Å². The number of carbonyl (C=O) groups excluding carboxylic acids is 1. The molecule has 1 aromatic heterocycles. The van der Waals surface area contributed by atoms with E-state index < -0.39 is 0 Å². The molecule has 5 rings (SSSR count). The van der Waals surface area contributed by atoms with E-state index in [9.17, 15) is 4.79 Å². The Morgan fingerprint density at radius 2 is 1.71 bits per heavy atom. The molecule has 2 aliphatic heterocycles. The maximum atomic E-state index is 12.9. The molecule has 1 aromatic carbocycles. The number of ether oxygens (including phenoxy) is 2. The summed E-state index contributed by atoms with van der Waals surface area (Å²) in [4.78, 5) is 25.4. The van der Waals surface area contributed by atoms with Gasteiger partial charge in [-0.25, -0.2) is 14.8 Å². The molecular formula is C20H23N5O3. The highest BCUT2D eigenvalue weighted by molar-refractivity contribution is 5.76. The van der Waals surface area contributed by atoms with Crippen molar-refractivity contribution < 1.29 is 14.3 Å². The third-order valence-electron chi connectivity index (χ3n) is 5.59. The van der Waals surface area contributed by atoms with Crippen molar-refractivity contribution in [2.45, 2.75) is 18.4 Å². The average molecular weight is 381 g/mol. The van der Waals surface area contributed by atoms with Gasteiger partial charge in [0, 0.05) is 38.6 Å². The Morgan fingerprint density at radius 1 is 1.00 bits per heavy atom. The molecule has 0 bridgehead atoms. The molecule has 3 aliphatic rings. The number of carbonyl (C=O) groups is 1. The Morgan fingerprint density at radius 3 is 2.43 bits per heavy atom. The smallest absolute Gasteiger partial charge is 0.318 e. The van der Waals surface area contributed by atoms with Gasteiger partial charge in [0.05, 0.1) is 5.54 Å². The fourth-order valence-electron chi connectivity index (χ4n) is 3.80. The summed E-state index contributed by atoms with van der Waals surface area (Å²) in [7, 11) is 0. The molecule has 146 valence electrons. The molecule has 0 unspecified atom stereocenters. The van der Waals surface area contributed by atoms with Gasteiger partial charge in [0.15, 0.2) is 11.5 Å². The number of piperazine rings is 1. The van der Waals surface area contributed by atoms with E-state index in [1.807, 2.05) is 23.1 Å². The number of benzene rings is 1. The van der Waals surface area contributed by atoms with Crippen molar-refractivity contribution in [3.63, 3.8) is 0 Å². The van der Waals surface area contributed by atoms with E-state index in [1.165, 1.54) is 0 Å². The monoisotopic (exact) mass is 381 g/mol. The Kier molecular flexibility index (Phi) is 4.18. The molecule has 28 heavy (non-hydrogen) atoms. The van der Waals surface area contributed by atoms with Crippen molar-refractivity contribution in [1.29, 1.82) is 0 Å². The van der Waals surface area contributed by atoms with Crippen LogP contribution in [0.5, 0.6) is 11.5 Å². The summed E-state index contributed by atoms with van der Waals surface area (Å²) in [6.07, 6.45) is 5.36. The van der Waals surface area contributed by atoms with Crippen LogP contribution >= 0.6 is 0 Å². The van der Waals surface area contributed by atoms with Crippen molar-refractivity contribution in [3.05, 3.63) is 42.2 Å². The second kappa shape index (κ2) is 6.85. The lowest BCUT2D eigenvalue weighted by Gasteiger charge is -2.35. The summed E-state index contributed by atoms with van der Waals surface area (Å²) < 4.78 is 11.3. The maximum absolute atomic E-state index is 12.9. The minimum absolute atomic E-state index is 0.0129. The average Bonchev–Trinajstić information content (AvgIpc) is 3.55. The standard InChI is InChI=1S/C20H23N5O3/c26-19(25-10-8-24(9-11-25)18-21-6-1-7-22-18)23-20(4-5-20)15-2-3-16-17(14-15)28-13-12-27-16/h1-3,6-7,14H,4-5,8-13H2,(H,23,26). The number of nitrogens with one attached hydrogen (secondary N) is 1. The number of nitrogens with zero attached hydrogens (tertiary/aromatic N) is 4. The highest BCUT2D eigenvalue weighted by Gasteiger charge is 2.47. The van der Waals surface area contributed by atoms with E-state index in [0.717, 1.165) is 48.9 Å². The minimum Gasteiger partial charge on any atom is -0.486 e. The van der Waals surface area contributed by atoms with E-state index in [1.54, 1.807) is 18.5 Å². The zero-order valence-electron chi connectivity index (χ0n) is 15.6. The largest absolute Gasteiger partial charge is 0.486 e. The van der Waals surface area contributed by atoms with Crippen LogP contribution in [0.4, 0.5) is 10.7 Å². The summed E-state index contributed by atoms with van der Waals surface area (Å²) in [6.45, 7) is 3.91. The molecule has 1 saturated heterocycles. The van der Waals surface area contributed by atoms with Gasteiger partial charge in [-0.15, -0.1) is 0 Å². The Hall–Kier alpha value is -3.03. The molecule has 2 aromatic rings. The molecule has 1 aliphatic carbocycles. The van der Waals surface area contributed by atoms with Crippen LogP contribution in [-0.4, -0.2) is 60.3 Å². The Labute approximate surface area is 163 Å². The molecule has 1 N–H and O–H groups in total. The predicted octanol–water partition coefficient (Wildman–Crippen LogP) is 1.77. The summed E-state index contributed by atoms with van der Waals surface area (Å²) >= 11 is 0. The minimum atomic E-state index is -0.285. The van der Waals surface area contributed by atoms with E-state index in [-0.39, 0.29) is 11.6 Å². The summed E-state index contributed by atoms with van der Waals surface area (Å²) in [6, 6.07) is 7.77. The van der Waals surface area contributed by atoms with Crippen LogP contribution in [0.25, 0.3) is 0 Å². The molecule has 2 amide bonds. The molecule has 0 radical (unpaired) electrons. The second-order valence-electron chi connectivity index (χ2n) is 7.39. The number of amides is 2. The first-order valence-electron chi connectivity index (χ1n) is 9.73. The van der Waals surface area contributed by atoms with Gasteiger partial charge in [0.2, 0.25) is 5.95 Å². The topological polar surface area (TPSA) is 79.8 Å². The molecule has 8 heteroatoms. The zero-order valence-corrected chi connectivity index (χ0v) is 15.6. The third kappa shape index (κ3) is 3.19. The van der Waals surface area contributed by atoms with E-state index in [4.69, 9.17) is 9.47 Å². The molecule has 1 saturated carbocycles. The van der Waals surface area contributed by atoms with Crippen LogP contribution in [0.2, 0.25) is 0 Å². The van der Waals surface area contributed by atoms with Crippen molar-refractivity contribution in [2.24, 2.45) is 0 Å². The van der Waals surface area contributed by atoms with Gasteiger partial charge in [-0.05, 0) is 36.6 Å². The van der Waals surface area contributed by atoms with Gasteiger partial charge in [0.25, 0.3) is 0 Å². The SMILES string of the molecule is O=C(NC1(c2ccc3c(c2)OCCO3)CC1)N1CCN(c2ncccn2)CC1. The van der Waals surface area contributed by atoms with Crippen LogP contribution in [0.1, 0.15) is 18.4 Å². The van der Waals surface area contributed by atoms with Gasteiger partial charge >= 0.3 is 6.03 Å². The quantitative estimate of drug-likeness (QED) is 0.873. The number of hydrogen-bond donors (Lipinski definition) is 1. The highest BCUT2D eigenvalue weighted by atomic mass is 16.6. The van der Waals surface area contributed by atoms with Crippen LogP contribution in [0, 0.1) is 0 Å². The second-order valence-corrected chi connectivity index (χ2v) is 7.39. The number of hydrogen-bond acceptors (Lipinski definition) is 6. The van der Waals surface area contributed by atoms with E-state index >= 15 is 0 Å². The zero-order chi connectivity index (χ0) is 19.0. The van der Waals surface area contributed by atoms with E-state index in [0.29, 0.717) is 26.3 Å². The molecule has 0 atom stereocenters. The highest BCUT2D eigenvalue weighted by Crippen LogP contribution is 2.48. The molecule has 2 fully saturated rings. The lowest BCUT2D eigenvalue weighted by atomic mass is 10.0. The lowest BCUT2D eigenvalue weighted by Crippen LogP contribution is -2.53. The first-order valence-corrected chi connectivity index (χ1v) is 9.73. The Bertz CT molecular complexity index is 863. The number of fused-ring (bicyclic) bond motifs is 1. The van der Waals surface area contributed by atoms with E-state index in [2.05, 4.69) is 20.2 Å². The van der Waals surface area contributed by atoms with Crippen LogP contribution < -0.4 is 19.7 Å². The van der Waals surface area contributed by atoms with Crippen LogP contribution in [0.15, 0.2) is 36.7 Å². The fraction of sp³-hybridized carbons (Fsp3) is 0.450. The molecule has 8 nitrogen and oxygen atoms in total. The van der Waals surface area contributed by atoms with Gasteiger partial charge < -0.3 is 24.6 Å². The summed E-state index contributed by atoms with van der Waals surface area (Å²) in [5.74, 6) is 2.26. The summed E-state index contributed by atoms with van der Waals surface area (Å²) in [5.41, 5.74) is 0.800. The first kappa shape index (κ1) is 17.1. The lowest BCUT2D eigenvalue weighted by molar-refractivity contribution is 0.171. The van der Waals surface area contributed by atoms with Crippen LogP contribution in [-0.2, 0) is 5.54 Å². The number of aromatic nitrogens is 2. The Balaban J connectivity index is 1.22. The van der Waals surface area contributed by atoms with Crippen molar-refractivity contribution >= 4 is 12.0 Å².